The van der Waals surface area contributed by atoms with Gasteiger partial charge < -0.3 is 15.0 Å². The van der Waals surface area contributed by atoms with E-state index >= 15 is 0 Å². The van der Waals surface area contributed by atoms with E-state index in [2.05, 4.69) is 10.2 Å². The molecule has 3 amide bonds. The molecule has 1 saturated heterocycles. The number of benzene rings is 1. The van der Waals surface area contributed by atoms with Crippen molar-refractivity contribution >= 4 is 29.2 Å². The number of hydrogen-bond donors (Lipinski definition) is 1. The number of carbonyl (C=O) groups is 3. The van der Waals surface area contributed by atoms with E-state index in [1.807, 2.05) is 36.3 Å². The van der Waals surface area contributed by atoms with Crippen LogP contribution in [-0.4, -0.2) is 78.0 Å². The summed E-state index contributed by atoms with van der Waals surface area (Å²) >= 11 is 1.42. The highest BCUT2D eigenvalue weighted by atomic mass is 32.1. The van der Waals surface area contributed by atoms with Gasteiger partial charge in [-0.25, -0.2) is 14.0 Å². The minimum Gasteiger partial charge on any atom is -0.463 e. The Bertz CT molecular complexity index is 1150. The molecule has 10 heteroatoms. The number of likely N-dealkylation sites (N-methyl/N-ethyl adjacent to an activating group) is 1. The van der Waals surface area contributed by atoms with Crippen molar-refractivity contribution in [2.45, 2.75) is 32.9 Å². The maximum Gasteiger partial charge on any atom is 0.338 e. The maximum atomic E-state index is 14.8. The van der Waals surface area contributed by atoms with Crippen LogP contribution in [0.5, 0.6) is 0 Å². The molecule has 1 fully saturated rings. The molecule has 2 aromatic rings. The second kappa shape index (κ2) is 11.2. The van der Waals surface area contributed by atoms with Crippen molar-refractivity contribution in [2.24, 2.45) is 0 Å². The smallest absolute Gasteiger partial charge is 0.338 e. The Kier molecular flexibility index (Phi) is 8.05. The van der Waals surface area contributed by atoms with E-state index in [1.165, 1.54) is 22.3 Å². The van der Waals surface area contributed by atoms with Crippen molar-refractivity contribution in [1.29, 1.82) is 0 Å². The summed E-state index contributed by atoms with van der Waals surface area (Å²) in [6.45, 7) is 7.98. The van der Waals surface area contributed by atoms with Crippen LogP contribution in [-0.2, 0) is 9.53 Å². The van der Waals surface area contributed by atoms with Gasteiger partial charge in [-0.3, -0.25) is 14.6 Å². The Morgan fingerprint density at radius 2 is 1.94 bits per heavy atom. The fraction of sp³-hybridized carbons (Fsp3) is 0.423. The quantitative estimate of drug-likeness (QED) is 0.571. The van der Waals surface area contributed by atoms with Crippen LogP contribution in [0.2, 0.25) is 0 Å². The highest BCUT2D eigenvalue weighted by Gasteiger charge is 2.40. The van der Waals surface area contributed by atoms with Crippen LogP contribution in [0.1, 0.15) is 42.0 Å². The molecule has 8 nitrogen and oxygen atoms in total. The third-order valence-electron chi connectivity index (χ3n) is 6.54. The first-order chi connectivity index (χ1) is 17.3. The third kappa shape index (κ3) is 5.15. The fourth-order valence-electron chi connectivity index (χ4n) is 4.83. The molecule has 2 aliphatic rings. The second-order valence-electron chi connectivity index (χ2n) is 8.79. The number of urea groups is 1. The number of hydrogen-bond acceptors (Lipinski definition) is 6. The van der Waals surface area contributed by atoms with Gasteiger partial charge in [0.05, 0.1) is 23.1 Å². The lowest BCUT2D eigenvalue weighted by molar-refractivity contribution is -0.139. The molecule has 1 aromatic carbocycles. The molecular formula is C26H31FN4O4S. The Morgan fingerprint density at radius 1 is 1.17 bits per heavy atom. The first kappa shape index (κ1) is 25.8. The lowest BCUT2D eigenvalue weighted by Gasteiger charge is -2.42. The van der Waals surface area contributed by atoms with Gasteiger partial charge in [0.2, 0.25) is 0 Å². The molecule has 192 valence electrons. The first-order valence-corrected chi connectivity index (χ1v) is 13.0. The summed E-state index contributed by atoms with van der Waals surface area (Å²) in [5, 5.41) is 4.68. The predicted molar refractivity (Wildman–Crippen MR) is 135 cm³/mol. The number of amides is 3. The van der Waals surface area contributed by atoms with Gasteiger partial charge in [-0.15, -0.1) is 11.3 Å². The Balaban J connectivity index is 1.65. The maximum absolute atomic E-state index is 14.8. The average Bonchev–Trinajstić information content (AvgIpc) is 3.39. The SMILES string of the molecule is CCOC(=O)C1=C(CN2CCN(C(=O)c3cccs3)[C@H](C)C2)N(CC)C(=O)N[C@H]1c1ccccc1F. The van der Waals surface area contributed by atoms with Gasteiger partial charge in [0.15, 0.2) is 0 Å². The number of ether oxygens (including phenoxy) is 1. The third-order valence-corrected chi connectivity index (χ3v) is 7.40. The van der Waals surface area contributed by atoms with Crippen LogP contribution in [0, 0.1) is 5.82 Å². The van der Waals surface area contributed by atoms with Crippen molar-refractivity contribution in [3.63, 3.8) is 0 Å². The molecule has 2 atom stereocenters. The molecule has 0 bridgehead atoms. The molecule has 0 spiro atoms. The molecule has 0 radical (unpaired) electrons. The molecule has 0 saturated carbocycles. The van der Waals surface area contributed by atoms with Crippen molar-refractivity contribution in [3.05, 3.63) is 69.3 Å². The second-order valence-corrected chi connectivity index (χ2v) is 9.74. The molecule has 0 unspecified atom stereocenters. The van der Waals surface area contributed by atoms with Crippen LogP contribution in [0.4, 0.5) is 9.18 Å². The van der Waals surface area contributed by atoms with Gasteiger partial charge in [-0.1, -0.05) is 24.3 Å². The van der Waals surface area contributed by atoms with Crippen molar-refractivity contribution < 1.29 is 23.5 Å². The molecule has 1 aromatic heterocycles. The molecule has 2 aliphatic heterocycles. The normalized spacial score (nSPS) is 20.9. The molecule has 1 N–H and O–H groups in total. The minimum absolute atomic E-state index is 0.00965. The first-order valence-electron chi connectivity index (χ1n) is 12.1. The van der Waals surface area contributed by atoms with Gasteiger partial charge in [0.25, 0.3) is 5.91 Å². The average molecular weight is 515 g/mol. The summed E-state index contributed by atoms with van der Waals surface area (Å²) in [7, 11) is 0. The number of nitrogens with zero attached hydrogens (tertiary/aromatic N) is 3. The van der Waals surface area contributed by atoms with E-state index in [0.29, 0.717) is 43.3 Å². The summed E-state index contributed by atoms with van der Waals surface area (Å²) in [5.41, 5.74) is 0.938. The van der Waals surface area contributed by atoms with E-state index in [1.54, 1.807) is 25.1 Å². The highest BCUT2D eigenvalue weighted by Crippen LogP contribution is 2.33. The number of halogens is 1. The van der Waals surface area contributed by atoms with E-state index in [9.17, 15) is 18.8 Å². The van der Waals surface area contributed by atoms with Gasteiger partial charge in [0.1, 0.15) is 5.82 Å². The van der Waals surface area contributed by atoms with E-state index < -0.39 is 23.9 Å². The van der Waals surface area contributed by atoms with E-state index in [-0.39, 0.29) is 29.7 Å². The number of rotatable bonds is 7. The number of piperazine rings is 1. The highest BCUT2D eigenvalue weighted by molar-refractivity contribution is 7.12. The van der Waals surface area contributed by atoms with Gasteiger partial charge in [-0.05, 0) is 38.3 Å². The number of nitrogens with one attached hydrogen (secondary N) is 1. The summed E-state index contributed by atoms with van der Waals surface area (Å²) in [4.78, 5) is 45.4. The van der Waals surface area contributed by atoms with Crippen LogP contribution in [0.25, 0.3) is 0 Å². The Hall–Kier alpha value is -3.24. The lowest BCUT2D eigenvalue weighted by atomic mass is 9.93. The zero-order valence-corrected chi connectivity index (χ0v) is 21.5. The van der Waals surface area contributed by atoms with Crippen LogP contribution in [0.15, 0.2) is 53.0 Å². The number of carbonyl (C=O) groups excluding carboxylic acids is 3. The summed E-state index contributed by atoms with van der Waals surface area (Å²) < 4.78 is 20.2. The van der Waals surface area contributed by atoms with Crippen molar-refractivity contribution in [1.82, 2.24) is 20.0 Å². The molecule has 4 rings (SSSR count). The largest absolute Gasteiger partial charge is 0.463 e. The van der Waals surface area contributed by atoms with Crippen molar-refractivity contribution in [3.8, 4) is 0 Å². The molecule has 0 aliphatic carbocycles. The Labute approximate surface area is 214 Å². The molecular weight excluding hydrogens is 483 g/mol. The van der Waals surface area contributed by atoms with Gasteiger partial charge in [0, 0.05) is 50.0 Å². The van der Waals surface area contributed by atoms with E-state index in [0.717, 1.165) is 0 Å². The standard InChI is InChI=1S/C26H31FN4O4S/c1-4-30-20(16-29-12-13-31(17(3)15-29)24(32)21-11-8-14-36-21)22(25(33)35-5-2)23(28-26(30)34)18-9-6-7-10-19(18)27/h6-11,14,17,23H,4-5,12-13,15-16H2,1-3H3,(H,28,34)/t17-,23+/m1/s1. The number of thiophene rings is 1. The monoisotopic (exact) mass is 514 g/mol. The summed E-state index contributed by atoms with van der Waals surface area (Å²) in [6.07, 6.45) is 0. The molecule has 3 heterocycles. The molecule has 36 heavy (non-hydrogen) atoms. The Morgan fingerprint density at radius 3 is 2.58 bits per heavy atom. The van der Waals surface area contributed by atoms with Crippen molar-refractivity contribution in [2.75, 3.05) is 39.3 Å². The minimum atomic E-state index is -0.963. The summed E-state index contributed by atoms with van der Waals surface area (Å²) in [5.74, 6) is -1.09. The predicted octanol–water partition coefficient (Wildman–Crippen LogP) is 3.64. The summed E-state index contributed by atoms with van der Waals surface area (Å²) in [6, 6.07) is 8.38. The van der Waals surface area contributed by atoms with Gasteiger partial charge in [-0.2, -0.15) is 0 Å². The van der Waals surface area contributed by atoms with Gasteiger partial charge >= 0.3 is 12.0 Å². The lowest BCUT2D eigenvalue weighted by Crippen LogP contribution is -2.56. The zero-order chi connectivity index (χ0) is 25.8. The topological polar surface area (TPSA) is 82.2 Å². The van der Waals surface area contributed by atoms with E-state index in [4.69, 9.17) is 4.74 Å². The van der Waals surface area contributed by atoms with Crippen LogP contribution >= 0.6 is 11.3 Å². The van der Waals surface area contributed by atoms with Crippen LogP contribution in [0.3, 0.4) is 0 Å². The fourth-order valence-corrected chi connectivity index (χ4v) is 5.51. The van der Waals surface area contributed by atoms with Crippen LogP contribution < -0.4 is 5.32 Å². The number of esters is 1. The zero-order valence-electron chi connectivity index (χ0n) is 20.7.